The van der Waals surface area contributed by atoms with Gasteiger partial charge in [-0.2, -0.15) is 0 Å². The number of aryl methyl sites for hydroxylation is 2. The monoisotopic (exact) mass is 226 g/mol. The van der Waals surface area contributed by atoms with Gasteiger partial charge in [0.2, 0.25) is 0 Å². The second kappa shape index (κ2) is 7.44. The third-order valence-electron chi connectivity index (χ3n) is 2.42. The summed E-state index contributed by atoms with van der Waals surface area (Å²) < 4.78 is 10.4. The molecule has 1 aromatic rings. The summed E-state index contributed by atoms with van der Waals surface area (Å²) in [6.07, 6.45) is 0. The summed E-state index contributed by atoms with van der Waals surface area (Å²) in [6, 6.07) is 2.08. The van der Waals surface area contributed by atoms with Crippen molar-refractivity contribution >= 4 is 0 Å². The van der Waals surface area contributed by atoms with E-state index in [2.05, 4.69) is 16.7 Å². The standard InChI is InChI=1S/C12H22N2O2/c1-10-8-12(11(2)16-10)9-14-5-4-13-6-7-15-3/h8,13-14H,4-7,9H2,1-3H3. The summed E-state index contributed by atoms with van der Waals surface area (Å²) in [5, 5.41) is 6.65. The number of furan rings is 1. The van der Waals surface area contributed by atoms with Crippen molar-refractivity contribution in [2.75, 3.05) is 33.4 Å². The first-order chi connectivity index (χ1) is 7.74. The first kappa shape index (κ1) is 13.2. The summed E-state index contributed by atoms with van der Waals surface area (Å²) in [5.74, 6) is 1.99. The Morgan fingerprint density at radius 1 is 1.19 bits per heavy atom. The van der Waals surface area contributed by atoms with Crippen molar-refractivity contribution in [3.05, 3.63) is 23.2 Å². The highest BCUT2D eigenvalue weighted by Gasteiger charge is 2.02. The van der Waals surface area contributed by atoms with Gasteiger partial charge >= 0.3 is 0 Å². The average Bonchev–Trinajstić information content (AvgIpc) is 2.56. The molecule has 4 heteroatoms. The van der Waals surface area contributed by atoms with Crippen molar-refractivity contribution in [1.29, 1.82) is 0 Å². The fourth-order valence-corrected chi connectivity index (χ4v) is 1.56. The van der Waals surface area contributed by atoms with E-state index < -0.39 is 0 Å². The van der Waals surface area contributed by atoms with E-state index in [4.69, 9.17) is 9.15 Å². The van der Waals surface area contributed by atoms with Gasteiger partial charge in [0.1, 0.15) is 11.5 Å². The van der Waals surface area contributed by atoms with E-state index in [-0.39, 0.29) is 0 Å². The van der Waals surface area contributed by atoms with Crippen LogP contribution in [0.25, 0.3) is 0 Å². The van der Waals surface area contributed by atoms with Gasteiger partial charge in [-0.15, -0.1) is 0 Å². The van der Waals surface area contributed by atoms with Gasteiger partial charge in [0.15, 0.2) is 0 Å². The minimum atomic E-state index is 0.764. The quantitative estimate of drug-likeness (QED) is 0.654. The molecular formula is C12H22N2O2. The Labute approximate surface area is 97.4 Å². The smallest absolute Gasteiger partial charge is 0.105 e. The Bertz CT molecular complexity index is 297. The van der Waals surface area contributed by atoms with Crippen LogP contribution >= 0.6 is 0 Å². The number of methoxy groups -OCH3 is 1. The molecule has 1 rings (SSSR count). The van der Waals surface area contributed by atoms with Crippen molar-refractivity contribution in [3.63, 3.8) is 0 Å². The second-order valence-electron chi connectivity index (χ2n) is 3.86. The van der Waals surface area contributed by atoms with Crippen LogP contribution in [-0.2, 0) is 11.3 Å². The Morgan fingerprint density at radius 3 is 2.56 bits per heavy atom. The lowest BCUT2D eigenvalue weighted by molar-refractivity contribution is 0.199. The molecule has 2 N–H and O–H groups in total. The van der Waals surface area contributed by atoms with E-state index in [1.54, 1.807) is 7.11 Å². The van der Waals surface area contributed by atoms with Gasteiger partial charge in [-0.25, -0.2) is 0 Å². The largest absolute Gasteiger partial charge is 0.466 e. The molecule has 0 amide bonds. The summed E-state index contributed by atoms with van der Waals surface area (Å²) in [7, 11) is 1.71. The van der Waals surface area contributed by atoms with Crippen LogP contribution in [0, 0.1) is 13.8 Å². The Balaban J connectivity index is 2.05. The van der Waals surface area contributed by atoms with Crippen molar-refractivity contribution in [2.24, 2.45) is 0 Å². The van der Waals surface area contributed by atoms with Gasteiger partial charge in [0.25, 0.3) is 0 Å². The molecule has 0 saturated heterocycles. The second-order valence-corrected chi connectivity index (χ2v) is 3.86. The van der Waals surface area contributed by atoms with Gasteiger partial charge in [0.05, 0.1) is 6.61 Å². The fraction of sp³-hybridized carbons (Fsp3) is 0.667. The van der Waals surface area contributed by atoms with Gasteiger partial charge < -0.3 is 19.8 Å². The SMILES string of the molecule is COCCNCCNCc1cc(C)oc1C. The molecule has 0 radical (unpaired) electrons. The van der Waals surface area contributed by atoms with E-state index in [1.165, 1.54) is 5.56 Å². The third-order valence-corrected chi connectivity index (χ3v) is 2.42. The average molecular weight is 226 g/mol. The highest BCUT2D eigenvalue weighted by Crippen LogP contribution is 2.12. The summed E-state index contributed by atoms with van der Waals surface area (Å²) in [4.78, 5) is 0. The molecule has 92 valence electrons. The maximum Gasteiger partial charge on any atom is 0.105 e. The van der Waals surface area contributed by atoms with E-state index in [0.29, 0.717) is 0 Å². The Hall–Kier alpha value is -0.840. The fourth-order valence-electron chi connectivity index (χ4n) is 1.56. The Kier molecular flexibility index (Phi) is 6.15. The lowest BCUT2D eigenvalue weighted by atomic mass is 10.2. The van der Waals surface area contributed by atoms with Crippen LogP contribution in [0.15, 0.2) is 10.5 Å². The van der Waals surface area contributed by atoms with Gasteiger partial charge in [-0.1, -0.05) is 0 Å². The zero-order valence-electron chi connectivity index (χ0n) is 10.4. The van der Waals surface area contributed by atoms with Crippen LogP contribution in [0.1, 0.15) is 17.1 Å². The van der Waals surface area contributed by atoms with Crippen LogP contribution in [0.4, 0.5) is 0 Å². The zero-order valence-corrected chi connectivity index (χ0v) is 10.4. The van der Waals surface area contributed by atoms with Crippen LogP contribution < -0.4 is 10.6 Å². The van der Waals surface area contributed by atoms with E-state index >= 15 is 0 Å². The first-order valence-electron chi connectivity index (χ1n) is 5.70. The van der Waals surface area contributed by atoms with Crippen LogP contribution in [0.3, 0.4) is 0 Å². The van der Waals surface area contributed by atoms with Crippen LogP contribution in [0.5, 0.6) is 0 Å². The molecule has 1 aromatic heterocycles. The van der Waals surface area contributed by atoms with Crippen molar-refractivity contribution in [2.45, 2.75) is 20.4 Å². The predicted octanol–water partition coefficient (Wildman–Crippen LogP) is 1.22. The molecule has 0 aromatic carbocycles. The molecular weight excluding hydrogens is 204 g/mol. The van der Waals surface area contributed by atoms with Gasteiger partial charge in [-0.05, 0) is 19.9 Å². The first-order valence-corrected chi connectivity index (χ1v) is 5.70. The summed E-state index contributed by atoms with van der Waals surface area (Å²) in [5.41, 5.74) is 1.24. The number of nitrogens with one attached hydrogen (secondary N) is 2. The minimum absolute atomic E-state index is 0.764. The molecule has 0 bridgehead atoms. The highest BCUT2D eigenvalue weighted by molar-refractivity contribution is 5.19. The number of ether oxygens (including phenoxy) is 1. The summed E-state index contributed by atoms with van der Waals surface area (Å²) in [6.45, 7) is 8.42. The predicted molar refractivity (Wildman–Crippen MR) is 64.6 cm³/mol. The van der Waals surface area contributed by atoms with Crippen molar-refractivity contribution in [1.82, 2.24) is 10.6 Å². The molecule has 1 heterocycles. The molecule has 0 saturated carbocycles. The third kappa shape index (κ3) is 4.79. The molecule has 0 aliphatic heterocycles. The molecule has 0 fully saturated rings. The van der Waals surface area contributed by atoms with E-state index in [9.17, 15) is 0 Å². The number of rotatable bonds is 8. The van der Waals surface area contributed by atoms with Crippen molar-refractivity contribution in [3.8, 4) is 0 Å². The van der Waals surface area contributed by atoms with Gasteiger partial charge in [-0.3, -0.25) is 0 Å². The normalized spacial score (nSPS) is 10.9. The molecule has 16 heavy (non-hydrogen) atoms. The van der Waals surface area contributed by atoms with Crippen molar-refractivity contribution < 1.29 is 9.15 Å². The lowest BCUT2D eigenvalue weighted by Crippen LogP contribution is -2.29. The summed E-state index contributed by atoms with van der Waals surface area (Å²) >= 11 is 0. The maximum absolute atomic E-state index is 5.45. The highest BCUT2D eigenvalue weighted by atomic mass is 16.5. The zero-order chi connectivity index (χ0) is 11.8. The molecule has 0 unspecified atom stereocenters. The lowest BCUT2D eigenvalue weighted by Gasteiger charge is -2.05. The number of hydrogen-bond donors (Lipinski definition) is 2. The molecule has 0 aliphatic rings. The van der Waals surface area contributed by atoms with E-state index in [0.717, 1.165) is 44.3 Å². The number of hydrogen-bond acceptors (Lipinski definition) is 4. The maximum atomic E-state index is 5.45. The van der Waals surface area contributed by atoms with E-state index in [1.807, 2.05) is 13.8 Å². The molecule has 0 spiro atoms. The van der Waals surface area contributed by atoms with Gasteiger partial charge in [0, 0.05) is 38.9 Å². The molecule has 0 atom stereocenters. The topological polar surface area (TPSA) is 46.4 Å². The minimum Gasteiger partial charge on any atom is -0.466 e. The Morgan fingerprint density at radius 2 is 1.94 bits per heavy atom. The molecule has 0 aliphatic carbocycles. The van der Waals surface area contributed by atoms with Crippen LogP contribution in [-0.4, -0.2) is 33.4 Å². The molecule has 4 nitrogen and oxygen atoms in total. The van der Waals surface area contributed by atoms with Crippen LogP contribution in [0.2, 0.25) is 0 Å².